The molecule has 17 heavy (non-hydrogen) atoms. The molecule has 1 rings (SSSR count). The summed E-state index contributed by atoms with van der Waals surface area (Å²) in [5.41, 5.74) is 6.62. The zero-order valence-electron chi connectivity index (χ0n) is 9.79. The van der Waals surface area contributed by atoms with E-state index < -0.39 is 5.92 Å². The lowest BCUT2D eigenvalue weighted by Gasteiger charge is -2.13. The Hall–Kier alpha value is -1.49. The van der Waals surface area contributed by atoms with E-state index in [0.29, 0.717) is 12.1 Å². The number of carbonyl (C=O) groups excluding carboxylic acids is 1. The largest absolute Gasteiger partial charge is 0.393 e. The third-order valence-corrected chi connectivity index (χ3v) is 2.66. The van der Waals surface area contributed by atoms with E-state index in [1.807, 2.05) is 6.92 Å². The average Bonchev–Trinajstić information content (AvgIpc) is 2.15. The van der Waals surface area contributed by atoms with E-state index in [9.17, 15) is 9.18 Å². The van der Waals surface area contributed by atoms with Crippen molar-refractivity contribution in [3.8, 4) is 0 Å². The van der Waals surface area contributed by atoms with E-state index in [1.165, 1.54) is 12.1 Å². The second-order valence-corrected chi connectivity index (χ2v) is 4.34. The Morgan fingerprint density at radius 3 is 2.65 bits per heavy atom. The maximum Gasteiger partial charge on any atom is 0.234 e. The molecule has 1 aromatic rings. The molecule has 1 amide bonds. The Morgan fingerprint density at radius 1 is 1.53 bits per heavy atom. The number of amides is 1. The molecule has 0 bridgehead atoms. The van der Waals surface area contributed by atoms with E-state index in [-0.39, 0.29) is 16.7 Å². The number of nitrogens with two attached hydrogens (primary N) is 1. The van der Waals surface area contributed by atoms with Crippen LogP contribution < -0.4 is 11.1 Å². The van der Waals surface area contributed by atoms with E-state index in [2.05, 4.69) is 5.32 Å². The molecular formula is C12H15FN2OS. The second-order valence-electron chi connectivity index (χ2n) is 3.87. The van der Waals surface area contributed by atoms with Crippen molar-refractivity contribution in [2.75, 3.05) is 5.32 Å². The van der Waals surface area contributed by atoms with Crippen LogP contribution in [0, 0.1) is 18.7 Å². The first kappa shape index (κ1) is 13.6. The van der Waals surface area contributed by atoms with Gasteiger partial charge in [-0.15, -0.1) is 0 Å². The molecule has 3 N–H and O–H groups in total. The second kappa shape index (κ2) is 5.72. The Labute approximate surface area is 105 Å². The van der Waals surface area contributed by atoms with E-state index >= 15 is 0 Å². The van der Waals surface area contributed by atoms with Gasteiger partial charge >= 0.3 is 0 Å². The molecule has 0 aliphatic rings. The van der Waals surface area contributed by atoms with Crippen LogP contribution in [-0.4, -0.2) is 10.9 Å². The molecule has 0 aliphatic carbocycles. The summed E-state index contributed by atoms with van der Waals surface area (Å²) in [4.78, 5) is 12.0. The molecule has 0 aliphatic heterocycles. The van der Waals surface area contributed by atoms with Gasteiger partial charge in [0.25, 0.3) is 0 Å². The zero-order chi connectivity index (χ0) is 13.0. The van der Waals surface area contributed by atoms with Gasteiger partial charge in [-0.3, -0.25) is 4.79 Å². The van der Waals surface area contributed by atoms with Crippen LogP contribution in [0.5, 0.6) is 0 Å². The minimum atomic E-state index is -0.520. The molecule has 5 heteroatoms. The first-order chi connectivity index (χ1) is 7.93. The fraction of sp³-hybridized carbons (Fsp3) is 0.333. The van der Waals surface area contributed by atoms with E-state index in [0.717, 1.165) is 5.56 Å². The number of rotatable bonds is 4. The van der Waals surface area contributed by atoms with Crippen LogP contribution in [0.4, 0.5) is 10.1 Å². The van der Waals surface area contributed by atoms with Crippen LogP contribution in [0.2, 0.25) is 0 Å². The maximum atomic E-state index is 13.1. The fourth-order valence-corrected chi connectivity index (χ4v) is 1.83. The average molecular weight is 254 g/mol. The van der Waals surface area contributed by atoms with Crippen LogP contribution in [0.25, 0.3) is 0 Å². The number of hydrogen-bond donors (Lipinski definition) is 2. The van der Waals surface area contributed by atoms with Crippen molar-refractivity contribution in [2.24, 2.45) is 11.7 Å². The summed E-state index contributed by atoms with van der Waals surface area (Å²) < 4.78 is 13.1. The number of hydrogen-bond acceptors (Lipinski definition) is 2. The summed E-state index contributed by atoms with van der Waals surface area (Å²) in [6.07, 6.45) is 0.523. The summed E-state index contributed by atoms with van der Waals surface area (Å²) in [6.45, 7) is 3.57. The molecule has 0 radical (unpaired) electrons. The predicted octanol–water partition coefficient (Wildman–Crippen LogP) is 2.38. The van der Waals surface area contributed by atoms with Gasteiger partial charge in [-0.1, -0.05) is 19.1 Å². The van der Waals surface area contributed by atoms with Crippen molar-refractivity contribution in [1.29, 1.82) is 0 Å². The summed E-state index contributed by atoms with van der Waals surface area (Å²) in [6, 6.07) is 4.34. The van der Waals surface area contributed by atoms with Gasteiger partial charge in [-0.2, -0.15) is 0 Å². The molecule has 0 heterocycles. The van der Waals surface area contributed by atoms with Crippen LogP contribution in [-0.2, 0) is 4.79 Å². The Kier molecular flexibility index (Phi) is 4.57. The van der Waals surface area contributed by atoms with Crippen molar-refractivity contribution in [1.82, 2.24) is 0 Å². The molecule has 0 saturated carbocycles. The quantitative estimate of drug-likeness (QED) is 0.811. The lowest BCUT2D eigenvalue weighted by Crippen LogP contribution is -2.32. The van der Waals surface area contributed by atoms with E-state index in [4.69, 9.17) is 18.0 Å². The molecule has 0 spiro atoms. The number of benzene rings is 1. The molecule has 0 fully saturated rings. The highest BCUT2D eigenvalue weighted by atomic mass is 32.1. The molecule has 1 atom stereocenters. The Balaban J connectivity index is 2.83. The Bertz CT molecular complexity index is 428. The molecule has 1 unspecified atom stereocenters. The van der Waals surface area contributed by atoms with Crippen LogP contribution in [0.1, 0.15) is 18.9 Å². The SMILES string of the molecule is CCC(C(=O)Nc1cc(C)cc(F)c1)C(N)=S. The molecule has 0 saturated heterocycles. The number of halogens is 1. The van der Waals surface area contributed by atoms with Gasteiger partial charge in [0.15, 0.2) is 0 Å². The number of nitrogens with one attached hydrogen (secondary N) is 1. The van der Waals surface area contributed by atoms with Crippen LogP contribution >= 0.6 is 12.2 Å². The van der Waals surface area contributed by atoms with Gasteiger partial charge in [0.05, 0.1) is 10.9 Å². The van der Waals surface area contributed by atoms with Gasteiger partial charge in [0.1, 0.15) is 5.82 Å². The lowest BCUT2D eigenvalue weighted by atomic mass is 10.1. The predicted molar refractivity (Wildman–Crippen MR) is 70.3 cm³/mol. The number of aryl methyl sites for hydroxylation is 1. The minimum Gasteiger partial charge on any atom is -0.393 e. The van der Waals surface area contributed by atoms with Crippen molar-refractivity contribution >= 4 is 28.8 Å². The first-order valence-corrected chi connectivity index (χ1v) is 5.72. The maximum absolute atomic E-state index is 13.1. The van der Waals surface area contributed by atoms with Gasteiger partial charge < -0.3 is 11.1 Å². The van der Waals surface area contributed by atoms with Crippen LogP contribution in [0.15, 0.2) is 18.2 Å². The summed E-state index contributed by atoms with van der Waals surface area (Å²) in [5.74, 6) is -1.21. The van der Waals surface area contributed by atoms with Gasteiger partial charge in [-0.25, -0.2) is 4.39 Å². The van der Waals surface area contributed by atoms with Gasteiger partial charge in [0, 0.05) is 5.69 Å². The highest BCUT2D eigenvalue weighted by Crippen LogP contribution is 2.15. The van der Waals surface area contributed by atoms with Gasteiger partial charge in [-0.05, 0) is 37.1 Å². The molecular weight excluding hydrogens is 239 g/mol. The van der Waals surface area contributed by atoms with E-state index in [1.54, 1.807) is 13.0 Å². The number of carbonyl (C=O) groups is 1. The van der Waals surface area contributed by atoms with Crippen molar-refractivity contribution < 1.29 is 9.18 Å². The third-order valence-electron chi connectivity index (χ3n) is 2.38. The van der Waals surface area contributed by atoms with Gasteiger partial charge in [0.2, 0.25) is 5.91 Å². The Morgan fingerprint density at radius 2 is 2.18 bits per heavy atom. The highest BCUT2D eigenvalue weighted by Gasteiger charge is 2.19. The van der Waals surface area contributed by atoms with Crippen molar-refractivity contribution in [3.63, 3.8) is 0 Å². The molecule has 3 nitrogen and oxygen atoms in total. The summed E-state index contributed by atoms with van der Waals surface area (Å²) >= 11 is 4.80. The fourth-order valence-electron chi connectivity index (χ4n) is 1.55. The van der Waals surface area contributed by atoms with Crippen molar-refractivity contribution in [2.45, 2.75) is 20.3 Å². The normalized spacial score (nSPS) is 11.9. The zero-order valence-corrected chi connectivity index (χ0v) is 10.6. The number of anilines is 1. The lowest BCUT2D eigenvalue weighted by molar-refractivity contribution is -0.118. The standard InChI is InChI=1S/C12H15FN2OS/c1-3-10(11(14)17)12(16)15-9-5-7(2)4-8(13)6-9/h4-6,10H,3H2,1-2H3,(H2,14,17)(H,15,16). The monoisotopic (exact) mass is 254 g/mol. The van der Waals surface area contributed by atoms with Crippen molar-refractivity contribution in [3.05, 3.63) is 29.6 Å². The third kappa shape index (κ3) is 3.78. The number of thiocarbonyl (C=S) groups is 1. The van der Waals surface area contributed by atoms with Crippen LogP contribution in [0.3, 0.4) is 0 Å². The minimum absolute atomic E-state index is 0.151. The molecule has 0 aromatic heterocycles. The molecule has 92 valence electrons. The summed E-state index contributed by atoms with van der Waals surface area (Å²) in [7, 11) is 0. The highest BCUT2D eigenvalue weighted by molar-refractivity contribution is 7.80. The first-order valence-electron chi connectivity index (χ1n) is 5.31. The molecule has 1 aromatic carbocycles. The smallest absolute Gasteiger partial charge is 0.234 e. The summed E-state index contributed by atoms with van der Waals surface area (Å²) in [5, 5.41) is 2.61. The topological polar surface area (TPSA) is 55.1 Å².